The number of aromatic nitrogens is 1. The standard InChI is InChI=1S/C25H28FN5O6/c26-17-4-2-16(3-5-17)12-27-24(35)18-13-30-14-19-29(15-20(32)28-8-10-37-11-9-28)6-1-7-31(19)25(36)21(30)23(34)22(18)33/h2-5,13,19,34H,1,6-12,14-15H2,(H,27,35). The molecule has 12 heteroatoms. The van der Waals surface area contributed by atoms with Gasteiger partial charge in [0.15, 0.2) is 11.4 Å². The van der Waals surface area contributed by atoms with Crippen LogP contribution in [0.2, 0.25) is 0 Å². The van der Waals surface area contributed by atoms with Gasteiger partial charge in [-0.05, 0) is 24.1 Å². The second-order valence-corrected chi connectivity index (χ2v) is 9.33. The van der Waals surface area contributed by atoms with Crippen molar-refractivity contribution in [3.05, 3.63) is 63.3 Å². The fraction of sp³-hybridized carbons (Fsp3) is 0.440. The number of ether oxygens (including phenoxy) is 1. The highest BCUT2D eigenvalue weighted by molar-refractivity contribution is 5.99. The number of pyridine rings is 1. The van der Waals surface area contributed by atoms with Gasteiger partial charge in [0, 0.05) is 38.9 Å². The van der Waals surface area contributed by atoms with E-state index in [1.807, 2.05) is 4.90 Å². The van der Waals surface area contributed by atoms with E-state index in [0.29, 0.717) is 51.4 Å². The Morgan fingerprint density at radius 2 is 1.81 bits per heavy atom. The molecule has 2 fully saturated rings. The van der Waals surface area contributed by atoms with E-state index in [1.165, 1.54) is 35.0 Å². The van der Waals surface area contributed by atoms with E-state index in [1.54, 1.807) is 9.80 Å². The van der Waals surface area contributed by atoms with Crippen LogP contribution in [0, 0.1) is 5.82 Å². The number of nitrogens with one attached hydrogen (secondary N) is 1. The number of aromatic hydroxyl groups is 1. The third-order valence-corrected chi connectivity index (χ3v) is 7.02. The van der Waals surface area contributed by atoms with E-state index in [0.717, 1.165) is 0 Å². The Labute approximate surface area is 212 Å². The second kappa shape index (κ2) is 10.3. The molecule has 37 heavy (non-hydrogen) atoms. The lowest BCUT2D eigenvalue weighted by molar-refractivity contribution is -0.139. The summed E-state index contributed by atoms with van der Waals surface area (Å²) in [6, 6.07) is 5.54. The van der Waals surface area contributed by atoms with Crippen LogP contribution in [0.25, 0.3) is 0 Å². The molecule has 0 saturated carbocycles. The lowest BCUT2D eigenvalue weighted by Crippen LogP contribution is -2.62. The van der Waals surface area contributed by atoms with Crippen LogP contribution >= 0.6 is 0 Å². The largest absolute Gasteiger partial charge is 0.503 e. The maximum Gasteiger partial charge on any atom is 0.275 e. The second-order valence-electron chi connectivity index (χ2n) is 9.33. The number of benzene rings is 1. The monoisotopic (exact) mass is 513 g/mol. The van der Waals surface area contributed by atoms with Gasteiger partial charge in [-0.1, -0.05) is 12.1 Å². The molecule has 1 aromatic heterocycles. The van der Waals surface area contributed by atoms with Crippen LogP contribution < -0.4 is 10.7 Å². The van der Waals surface area contributed by atoms with Crippen LogP contribution in [0.5, 0.6) is 5.75 Å². The fourth-order valence-electron chi connectivity index (χ4n) is 5.03. The molecule has 4 heterocycles. The summed E-state index contributed by atoms with van der Waals surface area (Å²) in [5, 5.41) is 13.2. The molecule has 0 radical (unpaired) electrons. The van der Waals surface area contributed by atoms with Gasteiger partial charge in [0.2, 0.25) is 11.3 Å². The van der Waals surface area contributed by atoms with Crippen molar-refractivity contribution in [3.63, 3.8) is 0 Å². The first-order chi connectivity index (χ1) is 17.8. The molecule has 196 valence electrons. The number of carbonyl (C=O) groups is 3. The molecular formula is C25H28FN5O6. The highest BCUT2D eigenvalue weighted by atomic mass is 19.1. The summed E-state index contributed by atoms with van der Waals surface area (Å²) in [6.07, 6.45) is 1.47. The van der Waals surface area contributed by atoms with Gasteiger partial charge in [-0.3, -0.25) is 24.1 Å². The number of rotatable bonds is 5. The van der Waals surface area contributed by atoms with Crippen molar-refractivity contribution in [2.24, 2.45) is 0 Å². The van der Waals surface area contributed by atoms with Crippen molar-refractivity contribution < 1.29 is 28.6 Å². The minimum atomic E-state index is -0.939. The molecule has 0 spiro atoms. The maximum absolute atomic E-state index is 13.3. The lowest BCUT2D eigenvalue weighted by Gasteiger charge is -2.47. The molecule has 3 aliphatic heterocycles. The Bertz CT molecular complexity index is 1270. The van der Waals surface area contributed by atoms with E-state index in [2.05, 4.69) is 5.32 Å². The lowest BCUT2D eigenvalue weighted by atomic mass is 10.1. The Morgan fingerprint density at radius 1 is 1.08 bits per heavy atom. The zero-order valence-electron chi connectivity index (χ0n) is 20.2. The van der Waals surface area contributed by atoms with Crippen molar-refractivity contribution in [1.29, 1.82) is 0 Å². The van der Waals surface area contributed by atoms with E-state index in [9.17, 15) is 28.7 Å². The van der Waals surface area contributed by atoms with Crippen LogP contribution in [0.15, 0.2) is 35.3 Å². The number of hydrogen-bond donors (Lipinski definition) is 2. The molecule has 1 aromatic carbocycles. The van der Waals surface area contributed by atoms with Gasteiger partial charge in [-0.2, -0.15) is 0 Å². The Hall–Kier alpha value is -3.77. The van der Waals surface area contributed by atoms with Crippen LogP contribution in [0.1, 0.15) is 32.8 Å². The molecule has 2 saturated heterocycles. The number of halogens is 1. The summed E-state index contributed by atoms with van der Waals surface area (Å²) in [4.78, 5) is 57.1. The smallest absolute Gasteiger partial charge is 0.275 e. The number of morpholine rings is 1. The van der Waals surface area contributed by atoms with Crippen LogP contribution in [-0.2, 0) is 22.6 Å². The number of fused-ring (bicyclic) bond motifs is 2. The number of amides is 3. The van der Waals surface area contributed by atoms with E-state index < -0.39 is 35.0 Å². The molecular weight excluding hydrogens is 485 g/mol. The Kier molecular flexibility index (Phi) is 6.94. The maximum atomic E-state index is 13.3. The Balaban J connectivity index is 1.37. The van der Waals surface area contributed by atoms with Gasteiger partial charge in [-0.15, -0.1) is 0 Å². The SMILES string of the molecule is O=C(NCc1ccc(F)cc1)c1cn2c(c(O)c1=O)C(=O)N1CCCN(CC(=O)N3CCOCC3)C1C2. The average Bonchev–Trinajstić information content (AvgIpc) is 2.91. The van der Waals surface area contributed by atoms with Gasteiger partial charge in [0.05, 0.1) is 26.3 Å². The Morgan fingerprint density at radius 3 is 2.54 bits per heavy atom. The van der Waals surface area contributed by atoms with Gasteiger partial charge in [0.1, 0.15) is 17.5 Å². The first-order valence-corrected chi connectivity index (χ1v) is 12.2. The van der Waals surface area contributed by atoms with Crippen LogP contribution in [0.3, 0.4) is 0 Å². The quantitative estimate of drug-likeness (QED) is 0.575. The van der Waals surface area contributed by atoms with Gasteiger partial charge >= 0.3 is 0 Å². The topological polar surface area (TPSA) is 124 Å². The molecule has 3 aliphatic rings. The van der Waals surface area contributed by atoms with Crippen molar-refractivity contribution in [2.45, 2.75) is 25.7 Å². The fourth-order valence-corrected chi connectivity index (χ4v) is 5.03. The van der Waals surface area contributed by atoms with Crippen molar-refractivity contribution in [3.8, 4) is 5.75 Å². The summed E-state index contributed by atoms with van der Waals surface area (Å²) in [5.41, 5.74) is -0.786. The molecule has 2 N–H and O–H groups in total. The van der Waals surface area contributed by atoms with Crippen molar-refractivity contribution >= 4 is 17.7 Å². The molecule has 1 unspecified atom stereocenters. The summed E-state index contributed by atoms with van der Waals surface area (Å²) < 4.78 is 19.9. The zero-order valence-corrected chi connectivity index (χ0v) is 20.2. The zero-order chi connectivity index (χ0) is 26.1. The van der Waals surface area contributed by atoms with Crippen molar-refractivity contribution in [1.82, 2.24) is 24.6 Å². The van der Waals surface area contributed by atoms with E-state index in [4.69, 9.17) is 4.74 Å². The average molecular weight is 514 g/mol. The van der Waals surface area contributed by atoms with Gasteiger partial charge in [0.25, 0.3) is 11.8 Å². The number of carbonyl (C=O) groups excluding carboxylic acids is 3. The predicted octanol–water partition coefficient (Wildman–Crippen LogP) is -0.0306. The summed E-state index contributed by atoms with van der Waals surface area (Å²) >= 11 is 0. The van der Waals surface area contributed by atoms with Crippen LogP contribution in [0.4, 0.5) is 4.39 Å². The van der Waals surface area contributed by atoms with Gasteiger partial charge in [-0.25, -0.2) is 4.39 Å². The third kappa shape index (κ3) is 4.94. The van der Waals surface area contributed by atoms with Gasteiger partial charge < -0.3 is 29.5 Å². The minimum absolute atomic E-state index is 0.0491. The highest BCUT2D eigenvalue weighted by Crippen LogP contribution is 2.28. The summed E-state index contributed by atoms with van der Waals surface area (Å²) in [5.74, 6) is -2.48. The highest BCUT2D eigenvalue weighted by Gasteiger charge is 2.41. The molecule has 5 rings (SSSR count). The molecule has 2 aromatic rings. The first kappa shape index (κ1) is 24.9. The third-order valence-electron chi connectivity index (χ3n) is 7.02. The molecule has 0 bridgehead atoms. The summed E-state index contributed by atoms with van der Waals surface area (Å²) in [6.45, 7) is 3.43. The summed E-state index contributed by atoms with van der Waals surface area (Å²) in [7, 11) is 0. The van der Waals surface area contributed by atoms with Crippen molar-refractivity contribution in [2.75, 3.05) is 45.9 Å². The van der Waals surface area contributed by atoms with E-state index >= 15 is 0 Å². The number of nitrogens with zero attached hydrogens (tertiary/aromatic N) is 4. The number of hydrogen-bond acceptors (Lipinski definition) is 7. The first-order valence-electron chi connectivity index (χ1n) is 12.2. The predicted molar refractivity (Wildman–Crippen MR) is 128 cm³/mol. The molecule has 0 aliphatic carbocycles. The minimum Gasteiger partial charge on any atom is -0.503 e. The molecule has 11 nitrogen and oxygen atoms in total. The molecule has 1 atom stereocenters. The van der Waals surface area contributed by atoms with Crippen LogP contribution in [-0.4, -0.2) is 94.2 Å². The normalized spacial score (nSPS) is 19.8. The van der Waals surface area contributed by atoms with E-state index in [-0.39, 0.29) is 36.8 Å². The molecule has 3 amide bonds.